The predicted octanol–water partition coefficient (Wildman–Crippen LogP) is 1.36. The van der Waals surface area contributed by atoms with Gasteiger partial charge in [0, 0.05) is 13.1 Å². The lowest BCUT2D eigenvalue weighted by Gasteiger charge is -2.26. The van der Waals surface area contributed by atoms with Gasteiger partial charge in [0.25, 0.3) is 0 Å². The van der Waals surface area contributed by atoms with E-state index in [2.05, 4.69) is 4.98 Å². The number of hydrogen-bond donors (Lipinski definition) is 0. The molecule has 13 heavy (non-hydrogen) atoms. The Balaban J connectivity index is 2.52. The number of rotatable bonds is 0. The van der Waals surface area contributed by atoms with Crippen LogP contribution in [0.25, 0.3) is 0 Å². The van der Waals surface area contributed by atoms with Gasteiger partial charge in [0.2, 0.25) is 5.88 Å². The molecule has 0 amide bonds. The lowest BCUT2D eigenvalue weighted by Crippen LogP contribution is -2.29. The fraction of sp³-hybridized carbons (Fsp3) is 0.444. The number of aryl methyl sites for hydroxylation is 1. The summed E-state index contributed by atoms with van der Waals surface area (Å²) in [6.45, 7) is 3.02. The monoisotopic (exact) mass is 182 g/mol. The molecule has 4 heteroatoms. The molecule has 0 aliphatic carbocycles. The highest BCUT2D eigenvalue weighted by molar-refractivity contribution is 5.56. The number of halogens is 1. The molecular formula is C9H11FN2O. The van der Waals surface area contributed by atoms with E-state index in [4.69, 9.17) is 4.74 Å². The van der Waals surface area contributed by atoms with Crippen LogP contribution in [-0.2, 0) is 0 Å². The number of nitrogens with zero attached hydrogens (tertiary/aromatic N) is 2. The van der Waals surface area contributed by atoms with Crippen molar-refractivity contribution >= 4 is 5.69 Å². The van der Waals surface area contributed by atoms with Crippen molar-refractivity contribution in [3.05, 3.63) is 17.6 Å². The van der Waals surface area contributed by atoms with Crippen LogP contribution in [0.4, 0.5) is 10.1 Å². The van der Waals surface area contributed by atoms with Gasteiger partial charge >= 0.3 is 0 Å². The third-order valence-electron chi connectivity index (χ3n) is 2.17. The van der Waals surface area contributed by atoms with E-state index in [1.165, 1.54) is 6.07 Å². The highest BCUT2D eigenvalue weighted by atomic mass is 19.1. The van der Waals surface area contributed by atoms with Crippen molar-refractivity contribution in [3.8, 4) is 5.88 Å². The molecule has 1 aromatic rings. The second-order valence-electron chi connectivity index (χ2n) is 3.15. The third-order valence-corrected chi connectivity index (χ3v) is 2.17. The van der Waals surface area contributed by atoms with Crippen LogP contribution in [0.5, 0.6) is 5.88 Å². The van der Waals surface area contributed by atoms with E-state index in [0.29, 0.717) is 18.2 Å². The van der Waals surface area contributed by atoms with Crippen LogP contribution in [0.15, 0.2) is 6.07 Å². The third kappa shape index (κ3) is 1.32. The second-order valence-corrected chi connectivity index (χ2v) is 3.15. The van der Waals surface area contributed by atoms with E-state index in [0.717, 1.165) is 12.2 Å². The molecule has 1 aliphatic heterocycles. The summed E-state index contributed by atoms with van der Waals surface area (Å²) in [6, 6.07) is 1.47. The highest BCUT2D eigenvalue weighted by Gasteiger charge is 2.18. The molecule has 0 aromatic carbocycles. The van der Waals surface area contributed by atoms with E-state index in [9.17, 15) is 4.39 Å². The van der Waals surface area contributed by atoms with E-state index < -0.39 is 0 Å². The molecule has 0 fully saturated rings. The molecule has 0 radical (unpaired) electrons. The first-order valence-corrected chi connectivity index (χ1v) is 4.19. The lowest BCUT2D eigenvalue weighted by atomic mass is 10.3. The summed E-state index contributed by atoms with van der Waals surface area (Å²) in [5.74, 6) is 0.253. The molecule has 0 N–H and O–H groups in total. The standard InChI is InChI=1S/C9H11FN2O/c1-6-7(10)5-8-9(11-6)13-4-3-12(8)2/h5H,3-4H2,1-2H3. The molecule has 2 rings (SSSR count). The van der Waals surface area contributed by atoms with Gasteiger partial charge in [-0.2, -0.15) is 0 Å². The quantitative estimate of drug-likeness (QED) is 0.605. The SMILES string of the molecule is Cc1nc2c(cc1F)N(C)CCO2. The van der Waals surface area contributed by atoms with Crippen molar-refractivity contribution in [1.29, 1.82) is 0 Å². The molecule has 0 saturated carbocycles. The Bertz CT molecular complexity index is 341. The topological polar surface area (TPSA) is 25.4 Å². The zero-order chi connectivity index (χ0) is 9.42. The van der Waals surface area contributed by atoms with Crippen molar-refractivity contribution in [1.82, 2.24) is 4.98 Å². The van der Waals surface area contributed by atoms with Crippen molar-refractivity contribution in [3.63, 3.8) is 0 Å². The zero-order valence-electron chi connectivity index (χ0n) is 7.67. The summed E-state index contributed by atoms with van der Waals surface area (Å²) in [4.78, 5) is 5.96. The summed E-state index contributed by atoms with van der Waals surface area (Å²) >= 11 is 0. The number of pyridine rings is 1. The Labute approximate surface area is 76.1 Å². The molecule has 2 heterocycles. The van der Waals surface area contributed by atoms with Crippen LogP contribution in [0, 0.1) is 12.7 Å². The average molecular weight is 182 g/mol. The van der Waals surface area contributed by atoms with Gasteiger partial charge in [0.1, 0.15) is 18.1 Å². The van der Waals surface area contributed by atoms with Crippen LogP contribution in [0.2, 0.25) is 0 Å². The molecule has 70 valence electrons. The molecule has 1 aromatic heterocycles. The number of fused-ring (bicyclic) bond motifs is 1. The molecule has 0 saturated heterocycles. The van der Waals surface area contributed by atoms with Gasteiger partial charge in [-0.15, -0.1) is 0 Å². The van der Waals surface area contributed by atoms with Gasteiger partial charge in [-0.3, -0.25) is 0 Å². The Hall–Kier alpha value is -1.32. The van der Waals surface area contributed by atoms with Crippen LogP contribution >= 0.6 is 0 Å². The van der Waals surface area contributed by atoms with Crippen LogP contribution in [0.3, 0.4) is 0 Å². The molecule has 0 unspecified atom stereocenters. The molecule has 3 nitrogen and oxygen atoms in total. The first-order chi connectivity index (χ1) is 6.18. The Morgan fingerprint density at radius 1 is 1.62 bits per heavy atom. The minimum absolute atomic E-state index is 0.281. The van der Waals surface area contributed by atoms with Crippen molar-refractivity contribution < 1.29 is 9.13 Å². The predicted molar refractivity (Wildman–Crippen MR) is 47.7 cm³/mol. The lowest BCUT2D eigenvalue weighted by molar-refractivity contribution is 0.297. The first-order valence-electron chi connectivity index (χ1n) is 4.19. The van der Waals surface area contributed by atoms with E-state index in [1.807, 2.05) is 11.9 Å². The van der Waals surface area contributed by atoms with Gasteiger partial charge in [-0.1, -0.05) is 0 Å². The summed E-state index contributed by atoms with van der Waals surface area (Å²) in [6.07, 6.45) is 0. The van der Waals surface area contributed by atoms with Gasteiger partial charge in [-0.05, 0) is 6.92 Å². The molecule has 0 spiro atoms. The molecule has 0 atom stereocenters. The van der Waals surface area contributed by atoms with Crippen molar-refractivity contribution in [2.75, 3.05) is 25.1 Å². The van der Waals surface area contributed by atoms with E-state index in [-0.39, 0.29) is 5.82 Å². The number of likely N-dealkylation sites (N-methyl/N-ethyl adjacent to an activating group) is 1. The minimum atomic E-state index is -0.281. The summed E-state index contributed by atoms with van der Waals surface area (Å²) in [7, 11) is 1.90. The largest absolute Gasteiger partial charge is 0.474 e. The van der Waals surface area contributed by atoms with Crippen LogP contribution < -0.4 is 9.64 Å². The number of aromatic nitrogens is 1. The maximum atomic E-state index is 13.1. The average Bonchev–Trinajstić information content (AvgIpc) is 2.09. The smallest absolute Gasteiger partial charge is 0.238 e. The van der Waals surface area contributed by atoms with Gasteiger partial charge in [0.15, 0.2) is 0 Å². The highest BCUT2D eigenvalue weighted by Crippen LogP contribution is 2.29. The zero-order valence-corrected chi connectivity index (χ0v) is 7.67. The second kappa shape index (κ2) is 2.87. The fourth-order valence-electron chi connectivity index (χ4n) is 1.33. The number of anilines is 1. The van der Waals surface area contributed by atoms with Gasteiger partial charge < -0.3 is 9.64 Å². The summed E-state index contributed by atoms with van der Waals surface area (Å²) in [5.41, 5.74) is 1.11. The number of hydrogen-bond acceptors (Lipinski definition) is 3. The van der Waals surface area contributed by atoms with Crippen LogP contribution in [-0.4, -0.2) is 25.2 Å². The van der Waals surface area contributed by atoms with Crippen molar-refractivity contribution in [2.24, 2.45) is 0 Å². The van der Waals surface area contributed by atoms with E-state index >= 15 is 0 Å². The van der Waals surface area contributed by atoms with Gasteiger partial charge in [-0.25, -0.2) is 9.37 Å². The first kappa shape index (κ1) is 8.29. The Morgan fingerprint density at radius 3 is 3.15 bits per heavy atom. The summed E-state index contributed by atoms with van der Waals surface area (Å²) < 4.78 is 18.4. The Morgan fingerprint density at radius 2 is 2.38 bits per heavy atom. The Kier molecular flexibility index (Phi) is 1.83. The fourth-order valence-corrected chi connectivity index (χ4v) is 1.33. The van der Waals surface area contributed by atoms with Gasteiger partial charge in [0.05, 0.1) is 12.2 Å². The van der Waals surface area contributed by atoms with Crippen LogP contribution in [0.1, 0.15) is 5.69 Å². The maximum Gasteiger partial charge on any atom is 0.238 e. The molecular weight excluding hydrogens is 171 g/mol. The minimum Gasteiger partial charge on any atom is -0.474 e. The van der Waals surface area contributed by atoms with E-state index in [1.54, 1.807) is 6.92 Å². The normalized spacial score (nSPS) is 15.2. The maximum absolute atomic E-state index is 13.1. The molecule has 1 aliphatic rings. The van der Waals surface area contributed by atoms with Crippen molar-refractivity contribution in [2.45, 2.75) is 6.92 Å². The summed E-state index contributed by atoms with van der Waals surface area (Å²) in [5, 5.41) is 0. The number of ether oxygens (including phenoxy) is 1. The molecule has 0 bridgehead atoms.